The molecule has 1 N–H and O–H groups in total. The summed E-state index contributed by atoms with van der Waals surface area (Å²) in [4.78, 5) is 26.0. The van der Waals surface area contributed by atoms with Gasteiger partial charge in [0, 0.05) is 35.3 Å². The first-order valence-corrected chi connectivity index (χ1v) is 12.6. The monoisotopic (exact) mass is 502 g/mol. The summed E-state index contributed by atoms with van der Waals surface area (Å²) in [6.45, 7) is 10.0. The van der Waals surface area contributed by atoms with E-state index in [9.17, 15) is 14.7 Å². The summed E-state index contributed by atoms with van der Waals surface area (Å²) in [5.74, 6) is -2.29. The molecule has 4 heterocycles. The maximum Gasteiger partial charge on any atom is 0.342 e. The zero-order valence-corrected chi connectivity index (χ0v) is 21.9. The Morgan fingerprint density at radius 1 is 1.08 bits per heavy atom. The Bertz CT molecular complexity index is 1210. The van der Waals surface area contributed by atoms with Crippen molar-refractivity contribution in [3.63, 3.8) is 0 Å². The minimum absolute atomic E-state index is 0.146. The molecule has 6 unspecified atom stereocenters. The fraction of sp³-hybridized carbons (Fsp3) is 0.704. The first-order valence-electron chi connectivity index (χ1n) is 12.6. The molecule has 1 aromatic carbocycles. The van der Waals surface area contributed by atoms with Crippen molar-refractivity contribution in [1.29, 1.82) is 0 Å². The fourth-order valence-corrected chi connectivity index (χ4v) is 8.55. The van der Waals surface area contributed by atoms with Crippen molar-refractivity contribution >= 4 is 11.9 Å². The van der Waals surface area contributed by atoms with E-state index in [2.05, 4.69) is 6.92 Å². The Kier molecular flexibility index (Phi) is 4.62. The Hall–Kier alpha value is -2.36. The van der Waals surface area contributed by atoms with Gasteiger partial charge in [-0.05, 0) is 46.1 Å². The number of hydrogen-bond acceptors (Lipinski definition) is 9. The molecule has 0 aromatic heterocycles. The first-order chi connectivity index (χ1) is 16.8. The van der Waals surface area contributed by atoms with E-state index in [0.29, 0.717) is 36.3 Å². The van der Waals surface area contributed by atoms with E-state index in [1.165, 1.54) is 7.11 Å². The third-order valence-electron chi connectivity index (χ3n) is 9.90. The van der Waals surface area contributed by atoms with Crippen LogP contribution in [0.25, 0.3) is 0 Å². The van der Waals surface area contributed by atoms with Gasteiger partial charge in [0.15, 0.2) is 0 Å². The molecule has 5 aliphatic rings. The molecule has 1 spiro atoms. The number of aliphatic hydroxyl groups is 1. The number of carbonyl (C=O) groups is 2. The van der Waals surface area contributed by atoms with E-state index in [4.69, 9.17) is 28.4 Å². The van der Waals surface area contributed by atoms with Gasteiger partial charge in [0.25, 0.3) is 5.97 Å². The standard InChI is InChI=1S/C27H34O9/c1-13-15-12-33-22(29)18(15)20(31-6)14-10-17-24(4)8-9-26(30)35-23(2,3)27(24,36-26)16(21(28)32-7)11-25(17,5)34-19(13)14/h16-17,30H,8-12H2,1-7H3. The van der Waals surface area contributed by atoms with Crippen LogP contribution in [0.5, 0.6) is 11.5 Å². The van der Waals surface area contributed by atoms with E-state index < -0.39 is 46.0 Å². The largest absolute Gasteiger partial charge is 0.495 e. The molecule has 2 saturated heterocycles. The first kappa shape index (κ1) is 24.0. The van der Waals surface area contributed by atoms with Gasteiger partial charge in [-0.3, -0.25) is 4.79 Å². The third kappa shape index (κ3) is 2.56. The highest BCUT2D eigenvalue weighted by molar-refractivity contribution is 5.98. The van der Waals surface area contributed by atoms with Gasteiger partial charge in [0.05, 0.1) is 25.7 Å². The molecule has 3 fully saturated rings. The molecule has 6 atom stereocenters. The van der Waals surface area contributed by atoms with Gasteiger partial charge in [0.2, 0.25) is 0 Å². The summed E-state index contributed by atoms with van der Waals surface area (Å²) in [6, 6.07) is 0. The van der Waals surface area contributed by atoms with Crippen LogP contribution >= 0.6 is 0 Å². The number of carbonyl (C=O) groups excluding carboxylic acids is 2. The highest BCUT2D eigenvalue weighted by atomic mass is 16.9. The summed E-state index contributed by atoms with van der Waals surface area (Å²) < 4.78 is 35.9. The van der Waals surface area contributed by atoms with Gasteiger partial charge in [-0.2, -0.15) is 0 Å². The molecule has 1 saturated carbocycles. The highest BCUT2D eigenvalue weighted by Crippen LogP contribution is 2.72. The lowest BCUT2D eigenvalue weighted by Crippen LogP contribution is -2.76. The zero-order chi connectivity index (χ0) is 26.1. The predicted octanol–water partition coefficient (Wildman–Crippen LogP) is 3.19. The number of rotatable bonds is 2. The van der Waals surface area contributed by atoms with Crippen molar-refractivity contribution in [2.45, 2.75) is 89.7 Å². The molecule has 1 aromatic rings. The van der Waals surface area contributed by atoms with Crippen LogP contribution < -0.4 is 9.47 Å². The molecule has 4 aliphatic heterocycles. The topological polar surface area (TPSA) is 110 Å². The molecule has 9 heteroatoms. The fourth-order valence-electron chi connectivity index (χ4n) is 8.55. The second kappa shape index (κ2) is 6.94. The summed E-state index contributed by atoms with van der Waals surface area (Å²) in [5, 5.41) is 11.2. The van der Waals surface area contributed by atoms with Crippen LogP contribution in [0.3, 0.4) is 0 Å². The van der Waals surface area contributed by atoms with E-state index >= 15 is 0 Å². The second-order valence-corrected chi connectivity index (χ2v) is 11.9. The lowest BCUT2D eigenvalue weighted by molar-refractivity contribution is -0.378. The van der Waals surface area contributed by atoms with Gasteiger partial charge in [0.1, 0.15) is 34.9 Å². The van der Waals surface area contributed by atoms with Crippen molar-refractivity contribution in [2.75, 3.05) is 14.2 Å². The number of benzene rings is 1. The van der Waals surface area contributed by atoms with E-state index in [0.717, 1.165) is 16.7 Å². The molecule has 0 amide bonds. The predicted molar refractivity (Wildman–Crippen MR) is 124 cm³/mol. The van der Waals surface area contributed by atoms with Crippen LogP contribution in [-0.4, -0.2) is 54.0 Å². The summed E-state index contributed by atoms with van der Waals surface area (Å²) in [6.07, 6.45) is 1.67. The molecular formula is C27H34O9. The lowest BCUT2D eigenvalue weighted by Gasteiger charge is -2.66. The van der Waals surface area contributed by atoms with Crippen molar-refractivity contribution in [3.05, 3.63) is 22.3 Å². The molecule has 2 bridgehead atoms. The number of cyclic esters (lactones) is 1. The summed E-state index contributed by atoms with van der Waals surface area (Å²) >= 11 is 0. The maximum atomic E-state index is 13.4. The SMILES string of the molecule is COC(=O)C1CC2(C)Oc3c(C)c4c(c(OC)c3CC2C2(C)CCC3(O)OC(C)(C)C12O3)C(=O)OC4. The average molecular weight is 503 g/mol. The lowest BCUT2D eigenvalue weighted by atomic mass is 9.43. The number of ether oxygens (including phenoxy) is 6. The van der Waals surface area contributed by atoms with Crippen LogP contribution in [0.2, 0.25) is 0 Å². The number of esters is 2. The van der Waals surface area contributed by atoms with Gasteiger partial charge in [-0.25, -0.2) is 4.79 Å². The second-order valence-electron chi connectivity index (χ2n) is 11.9. The zero-order valence-electron chi connectivity index (χ0n) is 21.9. The highest BCUT2D eigenvalue weighted by Gasteiger charge is 2.81. The number of hydrogen-bond donors (Lipinski definition) is 1. The summed E-state index contributed by atoms with van der Waals surface area (Å²) in [7, 11) is 2.93. The third-order valence-corrected chi connectivity index (χ3v) is 9.90. The Balaban J connectivity index is 1.59. The molecule has 6 rings (SSSR count). The van der Waals surface area contributed by atoms with Gasteiger partial charge in [-0.1, -0.05) is 6.92 Å². The number of fused-ring (bicyclic) bond motifs is 5. The van der Waals surface area contributed by atoms with Crippen LogP contribution in [0, 0.1) is 24.2 Å². The van der Waals surface area contributed by atoms with Gasteiger partial charge in [-0.15, -0.1) is 0 Å². The van der Waals surface area contributed by atoms with Crippen LogP contribution in [0.1, 0.15) is 74.0 Å². The number of methoxy groups -OCH3 is 2. The maximum absolute atomic E-state index is 13.4. The van der Waals surface area contributed by atoms with Crippen molar-refractivity contribution in [2.24, 2.45) is 17.3 Å². The van der Waals surface area contributed by atoms with Gasteiger partial charge < -0.3 is 33.5 Å². The molecule has 36 heavy (non-hydrogen) atoms. The van der Waals surface area contributed by atoms with Crippen LogP contribution in [-0.2, 0) is 36.8 Å². The van der Waals surface area contributed by atoms with Crippen molar-refractivity contribution in [3.8, 4) is 11.5 Å². The normalized spacial score (nSPS) is 41.3. The summed E-state index contributed by atoms with van der Waals surface area (Å²) in [5.41, 5.74) is -0.651. The Morgan fingerprint density at radius 2 is 1.81 bits per heavy atom. The molecule has 0 radical (unpaired) electrons. The van der Waals surface area contributed by atoms with E-state index in [1.807, 2.05) is 27.7 Å². The molecule has 1 aliphatic carbocycles. The average Bonchev–Trinajstić information content (AvgIpc) is 3.28. The Morgan fingerprint density at radius 3 is 2.47 bits per heavy atom. The smallest absolute Gasteiger partial charge is 0.342 e. The quantitative estimate of drug-likeness (QED) is 0.610. The van der Waals surface area contributed by atoms with Crippen LogP contribution in [0.4, 0.5) is 0 Å². The van der Waals surface area contributed by atoms with Gasteiger partial charge >= 0.3 is 11.9 Å². The molecule has 196 valence electrons. The van der Waals surface area contributed by atoms with E-state index in [-0.39, 0.29) is 18.9 Å². The van der Waals surface area contributed by atoms with E-state index in [1.54, 1.807) is 7.11 Å². The van der Waals surface area contributed by atoms with Crippen LogP contribution in [0.15, 0.2) is 0 Å². The van der Waals surface area contributed by atoms with Crippen molar-refractivity contribution in [1.82, 2.24) is 0 Å². The Labute approximate surface area is 210 Å². The minimum Gasteiger partial charge on any atom is -0.495 e. The van der Waals surface area contributed by atoms with Crippen molar-refractivity contribution < 1.29 is 43.1 Å². The molecular weight excluding hydrogens is 468 g/mol. The minimum atomic E-state index is -1.77. The molecule has 9 nitrogen and oxygen atoms in total.